The Balaban J connectivity index is 0.000000321. The van der Waals surface area contributed by atoms with E-state index in [9.17, 15) is 18.0 Å². The van der Waals surface area contributed by atoms with Gasteiger partial charge in [-0.15, -0.1) is 0 Å². The lowest BCUT2D eigenvalue weighted by atomic mass is 9.86. The molecule has 0 aromatic carbocycles. The third kappa shape index (κ3) is 5.41. The molecule has 9 heteroatoms. The maximum atomic E-state index is 12.0. The third-order valence-electron chi connectivity index (χ3n) is 4.98. The minimum absolute atomic E-state index is 0.0961. The van der Waals surface area contributed by atoms with Crippen LogP contribution in [-0.2, 0) is 16.1 Å². The molecule has 1 N–H and O–H groups in total. The fourth-order valence-corrected chi connectivity index (χ4v) is 3.87. The summed E-state index contributed by atoms with van der Waals surface area (Å²) in [6.45, 7) is 5.96. The molecule has 3 rings (SSSR count). The van der Waals surface area contributed by atoms with Crippen LogP contribution in [0.3, 0.4) is 0 Å². The van der Waals surface area contributed by atoms with Gasteiger partial charge in [0.05, 0.1) is 11.2 Å². The Hall–Kier alpha value is -2.16. The number of piperidine rings is 1. The molecule has 3 heterocycles. The molecule has 2 aliphatic heterocycles. The summed E-state index contributed by atoms with van der Waals surface area (Å²) in [6.07, 6.45) is 0.859. The second-order valence-corrected chi connectivity index (χ2v) is 6.80. The number of carboxylic acid groups (broad SMARTS) is 1. The molecule has 2 fully saturated rings. The van der Waals surface area contributed by atoms with E-state index in [2.05, 4.69) is 27.8 Å². The summed E-state index contributed by atoms with van der Waals surface area (Å²) in [7, 11) is 0. The molecular formula is C18H24F3N3O3. The van der Waals surface area contributed by atoms with E-state index < -0.39 is 12.1 Å². The Morgan fingerprint density at radius 1 is 1.33 bits per heavy atom. The number of halogens is 3. The number of carboxylic acids is 1. The Labute approximate surface area is 156 Å². The largest absolute Gasteiger partial charge is 0.490 e. The highest BCUT2D eigenvalue weighted by Crippen LogP contribution is 2.37. The van der Waals surface area contributed by atoms with Crippen molar-refractivity contribution in [2.75, 3.05) is 19.6 Å². The fourth-order valence-electron chi connectivity index (χ4n) is 3.87. The first kappa shape index (κ1) is 21.1. The molecule has 27 heavy (non-hydrogen) atoms. The van der Waals surface area contributed by atoms with Gasteiger partial charge in [0, 0.05) is 32.3 Å². The van der Waals surface area contributed by atoms with Gasteiger partial charge in [0.25, 0.3) is 0 Å². The van der Waals surface area contributed by atoms with Gasteiger partial charge in [0.2, 0.25) is 5.91 Å². The molecule has 150 valence electrons. The lowest BCUT2D eigenvalue weighted by Gasteiger charge is -2.45. The van der Waals surface area contributed by atoms with Crippen molar-refractivity contribution in [1.29, 1.82) is 0 Å². The van der Waals surface area contributed by atoms with Crippen molar-refractivity contribution in [3.63, 3.8) is 0 Å². The number of pyridine rings is 1. The summed E-state index contributed by atoms with van der Waals surface area (Å²) in [5.41, 5.74) is 1.22. The second kappa shape index (κ2) is 8.69. The Morgan fingerprint density at radius 3 is 2.59 bits per heavy atom. The van der Waals surface area contributed by atoms with E-state index in [1.165, 1.54) is 6.42 Å². The van der Waals surface area contributed by atoms with Crippen LogP contribution in [-0.4, -0.2) is 63.1 Å². The van der Waals surface area contributed by atoms with Crippen LogP contribution in [0, 0.1) is 0 Å². The second-order valence-electron chi connectivity index (χ2n) is 6.80. The van der Waals surface area contributed by atoms with E-state index in [1.807, 2.05) is 18.3 Å². The van der Waals surface area contributed by atoms with Crippen molar-refractivity contribution in [1.82, 2.24) is 14.8 Å². The number of likely N-dealkylation sites (N-methyl/N-ethyl adjacent to an activating group) is 1. The van der Waals surface area contributed by atoms with E-state index in [-0.39, 0.29) is 5.54 Å². The molecule has 2 saturated heterocycles. The summed E-state index contributed by atoms with van der Waals surface area (Å²) in [5, 5.41) is 7.12. The Morgan fingerprint density at radius 2 is 2.04 bits per heavy atom. The number of nitrogens with zero attached hydrogens (tertiary/aromatic N) is 3. The van der Waals surface area contributed by atoms with E-state index >= 15 is 0 Å². The molecule has 0 bridgehead atoms. The molecule has 0 saturated carbocycles. The number of alkyl halides is 3. The number of rotatable bonds is 3. The molecule has 0 aliphatic carbocycles. The van der Waals surface area contributed by atoms with Crippen LogP contribution in [0.4, 0.5) is 13.2 Å². The highest BCUT2D eigenvalue weighted by molar-refractivity contribution is 5.79. The van der Waals surface area contributed by atoms with Crippen LogP contribution in [0.2, 0.25) is 0 Å². The van der Waals surface area contributed by atoms with Crippen molar-refractivity contribution >= 4 is 11.9 Å². The molecule has 1 unspecified atom stereocenters. The maximum absolute atomic E-state index is 12.0. The van der Waals surface area contributed by atoms with Crippen LogP contribution in [0.15, 0.2) is 24.4 Å². The normalized spacial score (nSPS) is 23.3. The number of amides is 1. The van der Waals surface area contributed by atoms with Crippen molar-refractivity contribution < 1.29 is 27.9 Å². The first-order valence-electron chi connectivity index (χ1n) is 8.91. The highest BCUT2D eigenvalue weighted by atomic mass is 19.4. The minimum Gasteiger partial charge on any atom is -0.475 e. The SMILES string of the molecule is CCN1C(=O)CCC12CCCN(Cc1ccccn1)C2.O=C(O)C(F)(F)F. The monoisotopic (exact) mass is 387 g/mol. The number of aliphatic carboxylic acids is 1. The predicted octanol–water partition coefficient (Wildman–Crippen LogP) is 2.69. The van der Waals surface area contributed by atoms with Gasteiger partial charge in [-0.3, -0.25) is 14.7 Å². The number of carbonyl (C=O) groups excluding carboxylic acids is 1. The fraction of sp³-hybridized carbons (Fsp3) is 0.611. The van der Waals surface area contributed by atoms with Gasteiger partial charge in [0.15, 0.2) is 0 Å². The van der Waals surface area contributed by atoms with Crippen LogP contribution >= 0.6 is 0 Å². The third-order valence-corrected chi connectivity index (χ3v) is 4.98. The minimum atomic E-state index is -5.08. The average molecular weight is 387 g/mol. The molecule has 1 aromatic heterocycles. The molecule has 1 atom stereocenters. The van der Waals surface area contributed by atoms with Gasteiger partial charge in [-0.1, -0.05) is 6.07 Å². The van der Waals surface area contributed by atoms with Gasteiger partial charge < -0.3 is 10.0 Å². The molecule has 1 amide bonds. The molecular weight excluding hydrogens is 363 g/mol. The van der Waals surface area contributed by atoms with Crippen molar-refractivity contribution in [2.45, 2.75) is 50.9 Å². The van der Waals surface area contributed by atoms with Crippen LogP contribution < -0.4 is 0 Å². The van der Waals surface area contributed by atoms with Gasteiger partial charge in [-0.25, -0.2) is 4.79 Å². The zero-order valence-corrected chi connectivity index (χ0v) is 15.2. The number of aromatic nitrogens is 1. The lowest BCUT2D eigenvalue weighted by molar-refractivity contribution is -0.192. The zero-order chi connectivity index (χ0) is 20.1. The Bertz CT molecular complexity index is 654. The summed E-state index contributed by atoms with van der Waals surface area (Å²) >= 11 is 0. The zero-order valence-electron chi connectivity index (χ0n) is 15.2. The van der Waals surface area contributed by atoms with E-state index in [1.54, 1.807) is 0 Å². The van der Waals surface area contributed by atoms with Crippen molar-refractivity contribution in [2.24, 2.45) is 0 Å². The Kier molecular flexibility index (Phi) is 6.80. The van der Waals surface area contributed by atoms with Gasteiger partial charge in [0.1, 0.15) is 0 Å². The molecule has 2 aliphatic rings. The number of hydrogen-bond donors (Lipinski definition) is 1. The first-order valence-corrected chi connectivity index (χ1v) is 8.91. The number of carbonyl (C=O) groups is 2. The van der Waals surface area contributed by atoms with Crippen LogP contribution in [0.5, 0.6) is 0 Å². The number of likely N-dealkylation sites (tertiary alicyclic amines) is 2. The van der Waals surface area contributed by atoms with E-state index in [0.717, 1.165) is 51.1 Å². The molecule has 6 nitrogen and oxygen atoms in total. The maximum Gasteiger partial charge on any atom is 0.490 e. The summed E-state index contributed by atoms with van der Waals surface area (Å²) in [5.74, 6) is -2.42. The predicted molar refractivity (Wildman–Crippen MR) is 91.8 cm³/mol. The van der Waals surface area contributed by atoms with Gasteiger partial charge in [-0.05, 0) is 44.9 Å². The average Bonchev–Trinajstić information content (AvgIpc) is 2.90. The lowest BCUT2D eigenvalue weighted by Crippen LogP contribution is -2.56. The van der Waals surface area contributed by atoms with Gasteiger partial charge in [-0.2, -0.15) is 13.2 Å². The smallest absolute Gasteiger partial charge is 0.475 e. The first-order chi connectivity index (χ1) is 12.7. The quantitative estimate of drug-likeness (QED) is 0.863. The van der Waals surface area contributed by atoms with Crippen LogP contribution in [0.1, 0.15) is 38.3 Å². The highest BCUT2D eigenvalue weighted by Gasteiger charge is 2.46. The van der Waals surface area contributed by atoms with Crippen molar-refractivity contribution in [3.05, 3.63) is 30.1 Å². The molecule has 1 aromatic rings. The van der Waals surface area contributed by atoms with Gasteiger partial charge >= 0.3 is 12.1 Å². The van der Waals surface area contributed by atoms with Crippen LogP contribution in [0.25, 0.3) is 0 Å². The molecule has 0 radical (unpaired) electrons. The van der Waals surface area contributed by atoms with E-state index in [4.69, 9.17) is 9.90 Å². The molecule has 1 spiro atoms. The summed E-state index contributed by atoms with van der Waals surface area (Å²) < 4.78 is 31.7. The van der Waals surface area contributed by atoms with E-state index in [0.29, 0.717) is 5.91 Å². The standard InChI is InChI=1S/C16H23N3O.C2HF3O2/c1-2-19-15(20)7-9-16(19)8-5-11-18(13-16)12-14-6-3-4-10-17-14;3-2(4,5)1(6)7/h3-4,6,10H,2,5,7-9,11-13H2,1H3;(H,6,7). The summed E-state index contributed by atoms with van der Waals surface area (Å²) in [6, 6.07) is 6.08. The topological polar surface area (TPSA) is 73.7 Å². The number of hydrogen-bond acceptors (Lipinski definition) is 4. The van der Waals surface area contributed by atoms with Crippen molar-refractivity contribution in [3.8, 4) is 0 Å². The summed E-state index contributed by atoms with van der Waals surface area (Å²) in [4.78, 5) is 29.9.